The molecule has 3 heterocycles. The average Bonchev–Trinajstić information content (AvgIpc) is 3.39. The number of aryl methyl sites for hydroxylation is 1. The number of hydrogen-bond acceptors (Lipinski definition) is 8. The molecule has 0 spiro atoms. The van der Waals surface area contributed by atoms with E-state index in [1.807, 2.05) is 0 Å². The summed E-state index contributed by atoms with van der Waals surface area (Å²) in [4.78, 5) is 17.1. The number of carbonyl (C=O) groups is 1. The van der Waals surface area contributed by atoms with Crippen LogP contribution in [-0.4, -0.2) is 53.6 Å². The van der Waals surface area contributed by atoms with E-state index >= 15 is 0 Å². The lowest BCUT2D eigenvalue weighted by atomic mass is 10.0. The molecular weight excluding hydrogens is 468 g/mol. The summed E-state index contributed by atoms with van der Waals surface area (Å²) >= 11 is 0.951. The number of nitrogens with two attached hydrogens (primary N) is 1. The minimum Gasteiger partial charge on any atom is -0.494 e. The molecule has 0 saturated carbocycles. The van der Waals surface area contributed by atoms with E-state index in [2.05, 4.69) is 15.4 Å². The first kappa shape index (κ1) is 24.2. The Labute approximate surface area is 198 Å². The van der Waals surface area contributed by atoms with Gasteiger partial charge in [-0.2, -0.15) is 5.10 Å². The van der Waals surface area contributed by atoms with Gasteiger partial charge >= 0.3 is 0 Å². The molecule has 2 aromatic heterocycles. The third kappa shape index (κ3) is 4.67. The Morgan fingerprint density at radius 1 is 1.32 bits per heavy atom. The van der Waals surface area contributed by atoms with Crippen LogP contribution in [0.3, 0.4) is 0 Å². The molecule has 3 atom stereocenters. The van der Waals surface area contributed by atoms with Gasteiger partial charge in [0.2, 0.25) is 0 Å². The number of rotatable bonds is 6. The number of methoxy groups -OCH3 is 2. The predicted molar refractivity (Wildman–Crippen MR) is 122 cm³/mol. The van der Waals surface area contributed by atoms with Crippen LogP contribution in [0.2, 0.25) is 0 Å². The highest BCUT2D eigenvalue weighted by molar-refractivity contribution is 7.13. The zero-order chi connectivity index (χ0) is 24.4. The van der Waals surface area contributed by atoms with Crippen LogP contribution in [0, 0.1) is 11.6 Å². The largest absolute Gasteiger partial charge is 0.494 e. The van der Waals surface area contributed by atoms with E-state index in [0.717, 1.165) is 17.4 Å². The third-order valence-corrected chi connectivity index (χ3v) is 6.63. The first-order valence-corrected chi connectivity index (χ1v) is 11.4. The van der Waals surface area contributed by atoms with Gasteiger partial charge in [0.05, 0.1) is 43.0 Å². The van der Waals surface area contributed by atoms with Crippen molar-refractivity contribution in [2.24, 2.45) is 12.8 Å². The van der Waals surface area contributed by atoms with Crippen LogP contribution >= 0.6 is 11.3 Å². The van der Waals surface area contributed by atoms with E-state index in [0.29, 0.717) is 30.8 Å². The van der Waals surface area contributed by atoms with Crippen molar-refractivity contribution in [2.45, 2.75) is 31.1 Å². The molecule has 3 aromatic rings. The van der Waals surface area contributed by atoms with Gasteiger partial charge in [-0.15, -0.1) is 11.3 Å². The molecule has 12 heteroatoms. The number of ether oxygens (including phenoxy) is 3. The number of halogens is 2. The van der Waals surface area contributed by atoms with Crippen LogP contribution < -0.4 is 15.8 Å². The van der Waals surface area contributed by atoms with E-state index in [9.17, 15) is 13.6 Å². The lowest BCUT2D eigenvalue weighted by Gasteiger charge is -2.19. The average molecular weight is 494 g/mol. The molecule has 1 aromatic carbocycles. The maximum Gasteiger partial charge on any atom is 0.275 e. The predicted octanol–water partition coefficient (Wildman–Crippen LogP) is 3.28. The Kier molecular flexibility index (Phi) is 7.22. The van der Waals surface area contributed by atoms with Gasteiger partial charge in [0.15, 0.2) is 11.6 Å². The number of nitrogens with one attached hydrogen (secondary N) is 1. The second-order valence-electron chi connectivity index (χ2n) is 7.84. The molecule has 0 radical (unpaired) electrons. The van der Waals surface area contributed by atoms with Gasteiger partial charge in [-0.1, -0.05) is 0 Å². The number of benzene rings is 1. The highest BCUT2D eigenvalue weighted by Crippen LogP contribution is 2.35. The maximum absolute atomic E-state index is 14.6. The van der Waals surface area contributed by atoms with Crippen molar-refractivity contribution in [1.82, 2.24) is 14.8 Å². The lowest BCUT2D eigenvalue weighted by molar-refractivity contribution is -0.0211. The van der Waals surface area contributed by atoms with Crippen molar-refractivity contribution in [1.29, 1.82) is 0 Å². The van der Waals surface area contributed by atoms with Crippen molar-refractivity contribution in [2.75, 3.05) is 26.1 Å². The van der Waals surface area contributed by atoms with Gasteiger partial charge in [0, 0.05) is 25.6 Å². The number of anilines is 1. The van der Waals surface area contributed by atoms with Gasteiger partial charge in [-0.05, 0) is 25.0 Å². The van der Waals surface area contributed by atoms with Crippen LogP contribution in [0.1, 0.15) is 35.1 Å². The summed E-state index contributed by atoms with van der Waals surface area (Å²) in [5.41, 5.74) is 6.96. The summed E-state index contributed by atoms with van der Waals surface area (Å²) in [6.45, 7) is 0.314. The van der Waals surface area contributed by atoms with Crippen molar-refractivity contribution in [3.63, 3.8) is 0 Å². The van der Waals surface area contributed by atoms with E-state index in [4.69, 9.17) is 19.9 Å². The Morgan fingerprint density at radius 3 is 2.85 bits per heavy atom. The normalized spacial score (nSPS) is 20.7. The number of carbonyl (C=O) groups excluding carboxylic acids is 1. The first-order valence-electron chi connectivity index (χ1n) is 10.5. The molecule has 9 nitrogen and oxygen atoms in total. The fraction of sp³-hybridized carbons (Fsp3) is 0.409. The monoisotopic (exact) mass is 493 g/mol. The van der Waals surface area contributed by atoms with Gasteiger partial charge in [0.1, 0.15) is 22.6 Å². The van der Waals surface area contributed by atoms with Crippen LogP contribution in [0.4, 0.5) is 14.5 Å². The van der Waals surface area contributed by atoms with E-state index in [1.54, 1.807) is 18.8 Å². The van der Waals surface area contributed by atoms with Crippen molar-refractivity contribution >= 4 is 22.9 Å². The van der Waals surface area contributed by atoms with Gasteiger partial charge in [0.25, 0.3) is 5.91 Å². The Bertz CT molecular complexity index is 1180. The molecule has 1 aliphatic rings. The maximum atomic E-state index is 14.6. The molecule has 4 rings (SSSR count). The number of hydrogen-bond donors (Lipinski definition) is 2. The molecule has 1 aliphatic heterocycles. The topological polar surface area (TPSA) is 114 Å². The van der Waals surface area contributed by atoms with E-state index in [-0.39, 0.29) is 40.3 Å². The Morgan fingerprint density at radius 2 is 2.12 bits per heavy atom. The molecule has 3 N–H and O–H groups in total. The van der Waals surface area contributed by atoms with Crippen molar-refractivity contribution in [3.05, 3.63) is 46.7 Å². The number of nitrogens with zero attached hydrogens (tertiary/aromatic N) is 3. The van der Waals surface area contributed by atoms with Crippen molar-refractivity contribution in [3.8, 4) is 16.3 Å². The minimum atomic E-state index is -0.878. The Hall–Kier alpha value is -2.93. The second-order valence-corrected chi connectivity index (χ2v) is 8.69. The molecule has 1 amide bonds. The number of aromatic nitrogens is 3. The summed E-state index contributed by atoms with van der Waals surface area (Å²) in [7, 11) is 4.63. The fourth-order valence-electron chi connectivity index (χ4n) is 3.90. The molecule has 1 unspecified atom stereocenters. The zero-order valence-corrected chi connectivity index (χ0v) is 19.7. The number of amides is 1. The van der Waals surface area contributed by atoms with Crippen LogP contribution in [-0.2, 0) is 16.5 Å². The quantitative estimate of drug-likeness (QED) is 0.542. The van der Waals surface area contributed by atoms with Crippen LogP contribution in [0.5, 0.6) is 5.75 Å². The highest BCUT2D eigenvalue weighted by atomic mass is 32.1. The zero-order valence-electron chi connectivity index (χ0n) is 18.9. The SMILES string of the molecule is COc1ccc(F)c(-c2nc(C(=O)Nc3cnn(C)c3[C@@H]3CCC(N)[C@H](OC)CO3)cs2)c1F. The Balaban J connectivity index is 1.55. The third-order valence-electron chi connectivity index (χ3n) is 5.77. The number of thiazole rings is 1. The minimum absolute atomic E-state index is 0.0136. The van der Waals surface area contributed by atoms with Crippen molar-refractivity contribution < 1.29 is 27.8 Å². The summed E-state index contributed by atoms with van der Waals surface area (Å²) in [5, 5.41) is 8.50. The summed E-state index contributed by atoms with van der Waals surface area (Å²) in [6, 6.07) is 2.12. The summed E-state index contributed by atoms with van der Waals surface area (Å²) < 4.78 is 46.9. The first-order chi connectivity index (χ1) is 16.3. The van der Waals surface area contributed by atoms with Gasteiger partial charge in [-0.3, -0.25) is 9.48 Å². The van der Waals surface area contributed by atoms with Crippen LogP contribution in [0.15, 0.2) is 23.7 Å². The molecule has 182 valence electrons. The highest BCUT2D eigenvalue weighted by Gasteiger charge is 2.30. The van der Waals surface area contributed by atoms with E-state index < -0.39 is 17.5 Å². The molecule has 1 fully saturated rings. The molecule has 0 bridgehead atoms. The lowest BCUT2D eigenvalue weighted by Crippen LogP contribution is -2.37. The summed E-state index contributed by atoms with van der Waals surface area (Å²) in [5.74, 6) is -2.33. The summed E-state index contributed by atoms with van der Waals surface area (Å²) in [6.07, 6.45) is 2.25. The molecule has 0 aliphatic carbocycles. The van der Waals surface area contributed by atoms with Crippen LogP contribution in [0.25, 0.3) is 10.6 Å². The fourth-order valence-corrected chi connectivity index (χ4v) is 4.74. The smallest absolute Gasteiger partial charge is 0.275 e. The van der Waals surface area contributed by atoms with Gasteiger partial charge < -0.3 is 25.3 Å². The standard InChI is InChI=1S/C22H25F2N5O4S/c1-29-20(16-7-5-12(25)17(32-3)9-33-16)13(8-26-29)27-21(30)14-10-34-22(28-14)18-11(23)4-6-15(31-2)19(18)24/h4,6,8,10,12,16-17H,5,7,9,25H2,1-3H3,(H,27,30)/t12?,16-,17+/m0/s1. The van der Waals surface area contributed by atoms with E-state index in [1.165, 1.54) is 24.8 Å². The van der Waals surface area contributed by atoms with Gasteiger partial charge in [-0.25, -0.2) is 13.8 Å². The molecule has 1 saturated heterocycles. The molecular formula is C22H25F2N5O4S. The molecule has 34 heavy (non-hydrogen) atoms. The second kappa shape index (κ2) is 10.1.